The molecule has 0 radical (unpaired) electrons. The maximum Gasteiger partial charge on any atom is 0.370 e. The van der Waals surface area contributed by atoms with Crippen LogP contribution in [-0.4, -0.2) is 53.6 Å². The fraction of sp³-hybridized carbons (Fsp3) is 0.684. The van der Waals surface area contributed by atoms with Crippen molar-refractivity contribution in [2.24, 2.45) is 0 Å². The molecular weight excluding hydrogens is 318 g/mol. The van der Waals surface area contributed by atoms with E-state index in [1.165, 1.54) is 18.4 Å². The van der Waals surface area contributed by atoms with Gasteiger partial charge in [0.1, 0.15) is 5.22 Å². The average molecular weight is 352 g/mol. The lowest BCUT2D eigenvalue weighted by atomic mass is 10.1. The van der Waals surface area contributed by atoms with Crippen LogP contribution in [0.1, 0.15) is 37.7 Å². The van der Waals surface area contributed by atoms with Gasteiger partial charge in [-0.2, -0.15) is 0 Å². The summed E-state index contributed by atoms with van der Waals surface area (Å²) >= 11 is 0. The second-order valence-corrected chi connectivity index (χ2v) is 10.6. The summed E-state index contributed by atoms with van der Waals surface area (Å²) in [7, 11) is 5.32. The minimum atomic E-state index is -2.30. The summed E-state index contributed by atoms with van der Waals surface area (Å²) in [5, 5.41) is -0.206. The van der Waals surface area contributed by atoms with Gasteiger partial charge in [-0.15, -0.1) is 0 Å². The molecule has 5 heteroatoms. The van der Waals surface area contributed by atoms with Crippen molar-refractivity contribution in [3.8, 4) is 0 Å². The van der Waals surface area contributed by atoms with E-state index in [9.17, 15) is 0 Å². The highest BCUT2D eigenvalue weighted by molar-refractivity contribution is 6.70. The van der Waals surface area contributed by atoms with Crippen LogP contribution in [0.25, 0.3) is 0 Å². The Morgan fingerprint density at radius 1 is 1.08 bits per heavy atom. The molecule has 24 heavy (non-hydrogen) atoms. The number of benzene rings is 1. The van der Waals surface area contributed by atoms with E-state index in [1.807, 2.05) is 7.11 Å². The lowest BCUT2D eigenvalue weighted by Crippen LogP contribution is -2.64. The Labute approximate surface area is 148 Å². The fourth-order valence-corrected chi connectivity index (χ4v) is 8.05. The third kappa shape index (κ3) is 4.27. The molecule has 0 bridgehead atoms. The van der Waals surface area contributed by atoms with E-state index in [2.05, 4.69) is 42.3 Å². The van der Waals surface area contributed by atoms with Gasteiger partial charge in [-0.05, 0) is 44.5 Å². The van der Waals surface area contributed by atoms with Gasteiger partial charge in [0.15, 0.2) is 0 Å². The average Bonchev–Trinajstić information content (AvgIpc) is 2.63. The van der Waals surface area contributed by atoms with Crippen molar-refractivity contribution in [1.29, 1.82) is 0 Å². The molecule has 1 fully saturated rings. The van der Waals surface area contributed by atoms with E-state index in [4.69, 9.17) is 13.6 Å². The molecule has 1 aliphatic rings. The summed E-state index contributed by atoms with van der Waals surface area (Å²) in [5.74, 6) is 0. The second-order valence-electron chi connectivity index (χ2n) is 6.89. The van der Waals surface area contributed by atoms with Crippen molar-refractivity contribution in [3.05, 3.63) is 35.9 Å². The van der Waals surface area contributed by atoms with Crippen LogP contribution < -0.4 is 0 Å². The second kappa shape index (κ2) is 9.11. The van der Waals surface area contributed by atoms with Crippen LogP contribution in [0.2, 0.25) is 6.04 Å². The highest BCUT2D eigenvalue weighted by Gasteiger charge is 2.58. The number of nitrogens with zero attached hydrogens (tertiary/aromatic N) is 1. The molecule has 1 aliphatic heterocycles. The molecule has 0 N–H and O–H groups in total. The zero-order valence-electron chi connectivity index (χ0n) is 15.7. The SMILES string of the molecule is COC1(CCCN(C)Cc2ccccc2)CCCC[Si]1(OC)OC. The fourth-order valence-electron chi connectivity index (χ4n) is 4.13. The maximum absolute atomic E-state index is 6.07. The van der Waals surface area contributed by atoms with Crippen LogP contribution >= 0.6 is 0 Å². The normalized spacial score (nSPS) is 23.5. The highest BCUT2D eigenvalue weighted by Crippen LogP contribution is 2.42. The van der Waals surface area contributed by atoms with Gasteiger partial charge in [-0.25, -0.2) is 0 Å². The Morgan fingerprint density at radius 3 is 2.42 bits per heavy atom. The lowest BCUT2D eigenvalue weighted by Gasteiger charge is -2.48. The zero-order valence-corrected chi connectivity index (χ0v) is 16.7. The molecule has 0 aliphatic carbocycles. The first kappa shape index (κ1) is 19.6. The van der Waals surface area contributed by atoms with Gasteiger partial charge in [0.25, 0.3) is 0 Å². The monoisotopic (exact) mass is 351 g/mol. The van der Waals surface area contributed by atoms with Gasteiger partial charge in [0.2, 0.25) is 0 Å². The van der Waals surface area contributed by atoms with Crippen molar-refractivity contribution in [2.75, 3.05) is 34.9 Å². The first-order valence-electron chi connectivity index (χ1n) is 8.99. The third-order valence-electron chi connectivity index (χ3n) is 5.50. The summed E-state index contributed by atoms with van der Waals surface area (Å²) in [6.07, 6.45) is 5.55. The lowest BCUT2D eigenvalue weighted by molar-refractivity contribution is -0.0169. The summed E-state index contributed by atoms with van der Waals surface area (Å²) in [6.45, 7) is 2.04. The zero-order chi connectivity index (χ0) is 17.5. The van der Waals surface area contributed by atoms with Crippen LogP contribution in [-0.2, 0) is 20.1 Å². The van der Waals surface area contributed by atoms with Gasteiger partial charge >= 0.3 is 8.56 Å². The van der Waals surface area contributed by atoms with Crippen molar-refractivity contribution in [2.45, 2.75) is 49.9 Å². The van der Waals surface area contributed by atoms with Crippen LogP contribution in [0, 0.1) is 0 Å². The summed E-state index contributed by atoms with van der Waals surface area (Å²) in [5.41, 5.74) is 1.36. The first-order valence-corrected chi connectivity index (χ1v) is 11.0. The van der Waals surface area contributed by atoms with Crippen molar-refractivity contribution in [1.82, 2.24) is 4.90 Å². The summed E-state index contributed by atoms with van der Waals surface area (Å²) in [6, 6.07) is 11.7. The standard InChI is InChI=1S/C19H33NO3Si/c1-20(17-18-11-6-5-7-12-18)15-10-14-19(21-2)13-8-9-16-24(19,22-3)23-4/h5-7,11-12H,8-10,13-17H2,1-4H3. The Kier molecular flexibility index (Phi) is 7.44. The summed E-state index contributed by atoms with van der Waals surface area (Å²) < 4.78 is 18.0. The molecule has 0 saturated carbocycles. The van der Waals surface area contributed by atoms with Gasteiger partial charge in [-0.3, -0.25) is 0 Å². The van der Waals surface area contributed by atoms with E-state index >= 15 is 0 Å². The van der Waals surface area contributed by atoms with Crippen LogP contribution in [0.15, 0.2) is 30.3 Å². The topological polar surface area (TPSA) is 30.9 Å². The predicted octanol–water partition coefficient (Wildman–Crippen LogP) is 3.74. The van der Waals surface area contributed by atoms with E-state index in [0.717, 1.165) is 38.4 Å². The smallest absolute Gasteiger partial charge is 0.370 e. The Bertz CT molecular complexity index is 481. The number of rotatable bonds is 9. The van der Waals surface area contributed by atoms with Crippen molar-refractivity contribution >= 4 is 8.56 Å². The van der Waals surface area contributed by atoms with Gasteiger partial charge in [0.05, 0.1) is 0 Å². The molecule has 0 spiro atoms. The van der Waals surface area contributed by atoms with Gasteiger partial charge in [0, 0.05) is 27.9 Å². The first-order chi connectivity index (χ1) is 11.6. The third-order valence-corrected chi connectivity index (χ3v) is 9.92. The number of ether oxygens (including phenoxy) is 1. The molecule has 0 amide bonds. The number of methoxy groups -OCH3 is 1. The molecule has 136 valence electrons. The Morgan fingerprint density at radius 2 is 1.79 bits per heavy atom. The van der Waals surface area contributed by atoms with E-state index < -0.39 is 8.56 Å². The van der Waals surface area contributed by atoms with Crippen LogP contribution in [0.3, 0.4) is 0 Å². The van der Waals surface area contributed by atoms with Crippen molar-refractivity contribution < 1.29 is 13.6 Å². The van der Waals surface area contributed by atoms with E-state index in [0.29, 0.717) is 0 Å². The molecule has 1 atom stereocenters. The molecule has 1 heterocycles. The Hall–Kier alpha value is -0.723. The molecule has 2 rings (SSSR count). The molecular formula is C19H33NO3Si. The van der Waals surface area contributed by atoms with Gasteiger partial charge in [-0.1, -0.05) is 43.2 Å². The molecule has 1 unspecified atom stereocenters. The molecule has 1 aromatic rings. The van der Waals surface area contributed by atoms with Crippen LogP contribution in [0.5, 0.6) is 0 Å². The molecule has 1 saturated heterocycles. The number of hydrogen-bond donors (Lipinski definition) is 0. The number of hydrogen-bond acceptors (Lipinski definition) is 4. The largest absolute Gasteiger partial charge is 0.396 e. The van der Waals surface area contributed by atoms with Crippen LogP contribution in [0.4, 0.5) is 0 Å². The molecule has 4 nitrogen and oxygen atoms in total. The minimum Gasteiger partial charge on any atom is -0.396 e. The quantitative estimate of drug-likeness (QED) is 0.634. The van der Waals surface area contributed by atoms with E-state index in [1.54, 1.807) is 14.2 Å². The van der Waals surface area contributed by atoms with Gasteiger partial charge < -0.3 is 18.5 Å². The van der Waals surface area contributed by atoms with E-state index in [-0.39, 0.29) is 5.22 Å². The Balaban J connectivity index is 1.92. The van der Waals surface area contributed by atoms with Crippen molar-refractivity contribution in [3.63, 3.8) is 0 Å². The minimum absolute atomic E-state index is 0.206. The summed E-state index contributed by atoms with van der Waals surface area (Å²) in [4.78, 5) is 2.38. The predicted molar refractivity (Wildman–Crippen MR) is 100 cm³/mol. The maximum atomic E-state index is 6.07. The molecule has 0 aromatic heterocycles. The molecule has 1 aromatic carbocycles. The highest BCUT2D eigenvalue weighted by atomic mass is 28.4.